The van der Waals surface area contributed by atoms with Gasteiger partial charge in [-0.25, -0.2) is 13.8 Å². The molecule has 0 N–H and O–H groups in total. The Hall–Kier alpha value is -2.34. The summed E-state index contributed by atoms with van der Waals surface area (Å²) in [4.78, 5) is 15.1. The SMILES string of the molecule is Cc1ccc2sc(COc3ccc(F)c(C=O)c3F)nc2c1. The molecule has 0 aliphatic rings. The average molecular weight is 319 g/mol. The Labute approximate surface area is 129 Å². The highest BCUT2D eigenvalue weighted by Crippen LogP contribution is 2.26. The molecule has 0 fully saturated rings. The predicted molar refractivity (Wildman–Crippen MR) is 80.4 cm³/mol. The normalized spacial score (nSPS) is 10.9. The number of halogens is 2. The summed E-state index contributed by atoms with van der Waals surface area (Å²) < 4.78 is 33.5. The number of aldehydes is 1. The third-order valence-corrected chi connectivity index (χ3v) is 4.16. The van der Waals surface area contributed by atoms with E-state index in [9.17, 15) is 13.6 Å². The molecule has 0 saturated carbocycles. The van der Waals surface area contributed by atoms with Crippen molar-refractivity contribution in [3.8, 4) is 5.75 Å². The number of carbonyl (C=O) groups is 1. The van der Waals surface area contributed by atoms with Crippen molar-refractivity contribution in [2.75, 3.05) is 0 Å². The Morgan fingerprint density at radius 2 is 2.09 bits per heavy atom. The van der Waals surface area contributed by atoms with E-state index in [2.05, 4.69) is 4.98 Å². The number of carbonyl (C=O) groups excluding carboxylic acids is 1. The van der Waals surface area contributed by atoms with Gasteiger partial charge in [-0.05, 0) is 36.8 Å². The van der Waals surface area contributed by atoms with E-state index < -0.39 is 17.2 Å². The van der Waals surface area contributed by atoms with Crippen LogP contribution in [0.1, 0.15) is 20.9 Å². The summed E-state index contributed by atoms with van der Waals surface area (Å²) in [7, 11) is 0. The van der Waals surface area contributed by atoms with Gasteiger partial charge in [-0.2, -0.15) is 0 Å². The first kappa shape index (κ1) is 14.6. The topological polar surface area (TPSA) is 39.2 Å². The molecular formula is C16H11F2NO2S. The molecule has 0 saturated heterocycles. The van der Waals surface area contributed by atoms with Crippen LogP contribution in [-0.2, 0) is 6.61 Å². The molecule has 3 rings (SSSR count). The number of benzene rings is 2. The van der Waals surface area contributed by atoms with Gasteiger partial charge in [0.05, 0.1) is 15.8 Å². The van der Waals surface area contributed by atoms with Crippen molar-refractivity contribution in [1.82, 2.24) is 4.98 Å². The van der Waals surface area contributed by atoms with Crippen molar-refractivity contribution >= 4 is 27.8 Å². The van der Waals surface area contributed by atoms with E-state index in [1.54, 1.807) is 0 Å². The minimum Gasteiger partial charge on any atom is -0.483 e. The van der Waals surface area contributed by atoms with Crippen LogP contribution in [0.25, 0.3) is 10.2 Å². The predicted octanol–water partition coefficient (Wildman–Crippen LogP) is 4.27. The molecule has 6 heteroatoms. The van der Waals surface area contributed by atoms with Gasteiger partial charge >= 0.3 is 0 Å². The van der Waals surface area contributed by atoms with Crippen LogP contribution in [0.5, 0.6) is 5.75 Å². The molecule has 0 aliphatic carbocycles. The maximum atomic E-state index is 13.9. The van der Waals surface area contributed by atoms with Crippen molar-refractivity contribution < 1.29 is 18.3 Å². The van der Waals surface area contributed by atoms with Crippen LogP contribution in [0.15, 0.2) is 30.3 Å². The highest BCUT2D eigenvalue weighted by atomic mass is 32.1. The zero-order valence-electron chi connectivity index (χ0n) is 11.6. The average Bonchev–Trinajstić information content (AvgIpc) is 2.89. The Morgan fingerprint density at radius 1 is 1.27 bits per heavy atom. The van der Waals surface area contributed by atoms with Crippen LogP contribution >= 0.6 is 11.3 Å². The minimum atomic E-state index is -0.994. The number of nitrogens with zero attached hydrogens (tertiary/aromatic N) is 1. The van der Waals surface area contributed by atoms with E-state index in [1.807, 2.05) is 25.1 Å². The Bertz CT molecular complexity index is 861. The highest BCUT2D eigenvalue weighted by molar-refractivity contribution is 7.18. The Kier molecular flexibility index (Phi) is 3.85. The summed E-state index contributed by atoms with van der Waals surface area (Å²) in [5.41, 5.74) is 1.33. The van der Waals surface area contributed by atoms with Gasteiger partial charge in [0.25, 0.3) is 0 Å². The summed E-state index contributed by atoms with van der Waals surface area (Å²) in [6.45, 7) is 2.03. The van der Waals surface area contributed by atoms with Gasteiger partial charge in [-0.3, -0.25) is 4.79 Å². The first-order valence-electron chi connectivity index (χ1n) is 6.50. The van der Waals surface area contributed by atoms with Crippen molar-refractivity contribution in [2.24, 2.45) is 0 Å². The maximum absolute atomic E-state index is 13.9. The second-order valence-electron chi connectivity index (χ2n) is 4.76. The largest absolute Gasteiger partial charge is 0.483 e. The molecule has 0 spiro atoms. The lowest BCUT2D eigenvalue weighted by molar-refractivity contribution is 0.111. The van der Waals surface area contributed by atoms with Crippen LogP contribution in [0, 0.1) is 18.6 Å². The minimum absolute atomic E-state index is 0.0548. The van der Waals surface area contributed by atoms with Gasteiger partial charge in [-0.1, -0.05) is 6.07 Å². The molecule has 0 amide bonds. The molecule has 0 radical (unpaired) electrons. The second kappa shape index (κ2) is 5.81. The summed E-state index contributed by atoms with van der Waals surface area (Å²) in [6.07, 6.45) is 0.137. The standard InChI is InChI=1S/C16H11F2NO2S/c1-9-2-5-14-12(6-9)19-15(22-14)8-21-13-4-3-11(17)10(7-20)16(13)18/h2-7H,8H2,1H3. The lowest BCUT2D eigenvalue weighted by atomic mass is 10.2. The van der Waals surface area contributed by atoms with Gasteiger partial charge in [0.1, 0.15) is 17.4 Å². The fourth-order valence-electron chi connectivity index (χ4n) is 2.06. The maximum Gasteiger partial charge on any atom is 0.178 e. The molecule has 3 nitrogen and oxygen atoms in total. The molecule has 0 atom stereocenters. The van der Waals surface area contributed by atoms with Crippen LogP contribution < -0.4 is 4.74 Å². The fraction of sp³-hybridized carbons (Fsp3) is 0.125. The molecular weight excluding hydrogens is 308 g/mol. The first-order valence-corrected chi connectivity index (χ1v) is 7.32. The van der Waals surface area contributed by atoms with E-state index in [0.29, 0.717) is 5.01 Å². The van der Waals surface area contributed by atoms with Crippen LogP contribution in [-0.4, -0.2) is 11.3 Å². The molecule has 3 aromatic rings. The number of aryl methyl sites for hydroxylation is 1. The molecule has 0 unspecified atom stereocenters. The van der Waals surface area contributed by atoms with E-state index >= 15 is 0 Å². The first-order chi connectivity index (χ1) is 10.6. The van der Waals surface area contributed by atoms with E-state index in [0.717, 1.165) is 27.9 Å². The van der Waals surface area contributed by atoms with E-state index in [4.69, 9.17) is 4.74 Å². The number of rotatable bonds is 4. The Balaban J connectivity index is 1.83. The van der Waals surface area contributed by atoms with Crippen molar-refractivity contribution in [3.05, 3.63) is 58.1 Å². The lowest BCUT2D eigenvalue weighted by Gasteiger charge is -2.07. The number of aromatic nitrogens is 1. The molecule has 1 aromatic heterocycles. The van der Waals surface area contributed by atoms with Gasteiger partial charge in [0.2, 0.25) is 0 Å². The smallest absolute Gasteiger partial charge is 0.178 e. The third kappa shape index (κ3) is 2.69. The van der Waals surface area contributed by atoms with Gasteiger partial charge in [0, 0.05) is 0 Å². The number of fused-ring (bicyclic) bond motifs is 1. The van der Waals surface area contributed by atoms with Crippen molar-refractivity contribution in [3.63, 3.8) is 0 Å². The lowest BCUT2D eigenvalue weighted by Crippen LogP contribution is -2.01. The molecule has 22 heavy (non-hydrogen) atoms. The number of hydrogen-bond donors (Lipinski definition) is 0. The van der Waals surface area contributed by atoms with Crippen LogP contribution in [0.3, 0.4) is 0 Å². The van der Waals surface area contributed by atoms with E-state index in [-0.39, 0.29) is 18.6 Å². The molecule has 1 heterocycles. The number of thiazole rings is 1. The Morgan fingerprint density at radius 3 is 2.86 bits per heavy atom. The third-order valence-electron chi connectivity index (χ3n) is 3.15. The molecule has 0 aliphatic heterocycles. The molecule has 0 bridgehead atoms. The summed E-state index contributed by atoms with van der Waals surface area (Å²) in [6, 6.07) is 8.08. The monoisotopic (exact) mass is 319 g/mol. The zero-order valence-corrected chi connectivity index (χ0v) is 12.4. The van der Waals surface area contributed by atoms with Crippen molar-refractivity contribution in [2.45, 2.75) is 13.5 Å². The summed E-state index contributed by atoms with van der Waals surface area (Å²) >= 11 is 1.44. The number of ether oxygens (including phenoxy) is 1. The quantitative estimate of drug-likeness (QED) is 0.674. The van der Waals surface area contributed by atoms with Gasteiger partial charge < -0.3 is 4.74 Å². The van der Waals surface area contributed by atoms with Gasteiger partial charge in [0.15, 0.2) is 17.9 Å². The van der Waals surface area contributed by atoms with E-state index in [1.165, 1.54) is 11.3 Å². The zero-order chi connectivity index (χ0) is 15.7. The summed E-state index contributed by atoms with van der Waals surface area (Å²) in [5.74, 6) is -2.07. The second-order valence-corrected chi connectivity index (χ2v) is 5.87. The number of hydrogen-bond acceptors (Lipinski definition) is 4. The fourth-order valence-corrected chi connectivity index (χ4v) is 2.92. The highest BCUT2D eigenvalue weighted by Gasteiger charge is 2.14. The molecule has 112 valence electrons. The van der Waals surface area contributed by atoms with Crippen molar-refractivity contribution in [1.29, 1.82) is 0 Å². The van der Waals surface area contributed by atoms with Gasteiger partial charge in [-0.15, -0.1) is 11.3 Å². The van der Waals surface area contributed by atoms with Crippen LogP contribution in [0.2, 0.25) is 0 Å². The summed E-state index contributed by atoms with van der Waals surface area (Å²) in [5, 5.41) is 0.678. The molecule has 2 aromatic carbocycles. The van der Waals surface area contributed by atoms with Crippen LogP contribution in [0.4, 0.5) is 8.78 Å².